The lowest BCUT2D eigenvalue weighted by molar-refractivity contribution is 0.876. The first-order valence-electron chi connectivity index (χ1n) is 6.74. The molecule has 0 aliphatic heterocycles. The van der Waals surface area contributed by atoms with Crippen LogP contribution in [0.25, 0.3) is 16.9 Å². The van der Waals surface area contributed by atoms with Gasteiger partial charge in [-0.1, -0.05) is 47.5 Å². The molecule has 0 aliphatic rings. The molecule has 0 saturated carbocycles. The van der Waals surface area contributed by atoms with Gasteiger partial charge in [0.15, 0.2) is 0 Å². The van der Waals surface area contributed by atoms with Gasteiger partial charge in [-0.05, 0) is 31.5 Å². The van der Waals surface area contributed by atoms with Crippen molar-refractivity contribution in [1.82, 2.24) is 9.78 Å². The summed E-state index contributed by atoms with van der Waals surface area (Å²) in [7, 11) is 0. The molecule has 1 heterocycles. The van der Waals surface area contributed by atoms with Crippen molar-refractivity contribution >= 4 is 17.3 Å². The number of nitrogen functional groups attached to an aromatic ring is 1. The topological polar surface area (TPSA) is 43.8 Å². The fourth-order valence-electron chi connectivity index (χ4n) is 2.44. The van der Waals surface area contributed by atoms with Crippen LogP contribution in [0.1, 0.15) is 11.1 Å². The quantitative estimate of drug-likeness (QED) is 0.762. The summed E-state index contributed by atoms with van der Waals surface area (Å²) in [6.07, 6.45) is 1.83. The SMILES string of the molecule is Cc1ccc(-n2cc(N)c(-c3ccccc3Cl)n2)c(C)c1. The van der Waals surface area contributed by atoms with E-state index < -0.39 is 0 Å². The Labute approximate surface area is 129 Å². The number of aromatic nitrogens is 2. The molecule has 4 heteroatoms. The highest BCUT2D eigenvalue weighted by Gasteiger charge is 2.13. The van der Waals surface area contributed by atoms with E-state index in [-0.39, 0.29) is 0 Å². The molecule has 0 saturated heterocycles. The van der Waals surface area contributed by atoms with Gasteiger partial charge in [0.25, 0.3) is 0 Å². The summed E-state index contributed by atoms with van der Waals surface area (Å²) in [6.45, 7) is 4.14. The number of benzene rings is 2. The van der Waals surface area contributed by atoms with E-state index in [0.29, 0.717) is 16.4 Å². The normalized spacial score (nSPS) is 10.8. The van der Waals surface area contributed by atoms with Crippen molar-refractivity contribution in [1.29, 1.82) is 0 Å². The maximum Gasteiger partial charge on any atom is 0.117 e. The molecule has 0 unspecified atom stereocenters. The van der Waals surface area contributed by atoms with Crippen LogP contribution in [-0.2, 0) is 0 Å². The zero-order valence-corrected chi connectivity index (χ0v) is 12.7. The lowest BCUT2D eigenvalue weighted by Gasteiger charge is -2.06. The average Bonchev–Trinajstić information content (AvgIpc) is 2.81. The van der Waals surface area contributed by atoms with Gasteiger partial charge >= 0.3 is 0 Å². The van der Waals surface area contributed by atoms with Crippen molar-refractivity contribution in [2.45, 2.75) is 13.8 Å². The highest BCUT2D eigenvalue weighted by atomic mass is 35.5. The van der Waals surface area contributed by atoms with E-state index in [1.165, 1.54) is 5.56 Å². The predicted octanol–water partition coefficient (Wildman–Crippen LogP) is 4.39. The van der Waals surface area contributed by atoms with E-state index in [1.807, 2.05) is 41.2 Å². The Hall–Kier alpha value is -2.26. The number of nitrogens with two attached hydrogens (primary N) is 1. The van der Waals surface area contributed by atoms with Crippen LogP contribution in [0.5, 0.6) is 0 Å². The Kier molecular flexibility index (Phi) is 3.43. The molecule has 0 spiro atoms. The zero-order chi connectivity index (χ0) is 15.0. The van der Waals surface area contributed by atoms with Gasteiger partial charge < -0.3 is 5.73 Å². The molecule has 0 amide bonds. The largest absolute Gasteiger partial charge is 0.396 e. The molecule has 0 atom stereocenters. The Bertz CT molecular complexity index is 806. The van der Waals surface area contributed by atoms with Gasteiger partial charge in [0.05, 0.1) is 22.6 Å². The summed E-state index contributed by atoms with van der Waals surface area (Å²) >= 11 is 6.23. The molecule has 1 aromatic heterocycles. The maximum atomic E-state index is 6.23. The monoisotopic (exact) mass is 297 g/mol. The van der Waals surface area contributed by atoms with Gasteiger partial charge in [-0.2, -0.15) is 5.10 Å². The number of hydrogen-bond acceptors (Lipinski definition) is 2. The maximum absolute atomic E-state index is 6.23. The van der Waals surface area contributed by atoms with Crippen LogP contribution in [0, 0.1) is 13.8 Å². The molecule has 2 N–H and O–H groups in total. The third kappa shape index (κ3) is 2.52. The molecule has 106 valence electrons. The van der Waals surface area contributed by atoms with E-state index in [1.54, 1.807) is 0 Å². The van der Waals surface area contributed by atoms with Crippen molar-refractivity contribution in [2.75, 3.05) is 5.73 Å². The summed E-state index contributed by atoms with van der Waals surface area (Å²) in [6, 6.07) is 13.8. The van der Waals surface area contributed by atoms with Crippen LogP contribution in [-0.4, -0.2) is 9.78 Å². The standard InChI is InChI=1S/C17H16ClN3/c1-11-7-8-16(12(2)9-11)21-10-15(19)17(20-21)13-5-3-4-6-14(13)18/h3-10H,19H2,1-2H3. The smallest absolute Gasteiger partial charge is 0.117 e. The minimum absolute atomic E-state index is 0.614. The van der Waals surface area contributed by atoms with Crippen LogP contribution in [0.15, 0.2) is 48.7 Å². The molecular weight excluding hydrogens is 282 g/mol. The minimum atomic E-state index is 0.614. The minimum Gasteiger partial charge on any atom is -0.396 e. The first-order chi connectivity index (χ1) is 10.1. The lowest BCUT2D eigenvalue weighted by Crippen LogP contribution is -1.98. The number of hydrogen-bond donors (Lipinski definition) is 1. The molecule has 0 aliphatic carbocycles. The zero-order valence-electron chi connectivity index (χ0n) is 12.0. The first-order valence-corrected chi connectivity index (χ1v) is 7.12. The summed E-state index contributed by atoms with van der Waals surface area (Å²) in [5.41, 5.74) is 11.7. The number of rotatable bonds is 2. The number of anilines is 1. The number of halogens is 1. The summed E-state index contributed by atoms with van der Waals surface area (Å²) < 4.78 is 1.81. The van der Waals surface area contributed by atoms with Crippen LogP contribution in [0.3, 0.4) is 0 Å². The average molecular weight is 298 g/mol. The van der Waals surface area contributed by atoms with E-state index in [4.69, 9.17) is 17.3 Å². The van der Waals surface area contributed by atoms with Crippen molar-refractivity contribution in [2.24, 2.45) is 0 Å². The number of aryl methyl sites for hydroxylation is 2. The van der Waals surface area contributed by atoms with Crippen LogP contribution >= 0.6 is 11.6 Å². The highest BCUT2D eigenvalue weighted by molar-refractivity contribution is 6.33. The predicted molar refractivity (Wildman–Crippen MR) is 87.9 cm³/mol. The van der Waals surface area contributed by atoms with E-state index in [9.17, 15) is 0 Å². The Morgan fingerprint density at radius 1 is 1.10 bits per heavy atom. The van der Waals surface area contributed by atoms with Gasteiger partial charge in [-0.25, -0.2) is 4.68 Å². The fraction of sp³-hybridized carbons (Fsp3) is 0.118. The molecule has 0 bridgehead atoms. The molecular formula is C17H16ClN3. The molecule has 3 rings (SSSR count). The third-order valence-electron chi connectivity index (χ3n) is 3.47. The van der Waals surface area contributed by atoms with Crippen LogP contribution in [0.2, 0.25) is 5.02 Å². The summed E-state index contributed by atoms with van der Waals surface area (Å²) in [5.74, 6) is 0. The molecule has 3 nitrogen and oxygen atoms in total. The second-order valence-electron chi connectivity index (χ2n) is 5.15. The van der Waals surface area contributed by atoms with Crippen molar-refractivity contribution in [3.05, 3.63) is 64.8 Å². The molecule has 3 aromatic rings. The van der Waals surface area contributed by atoms with E-state index >= 15 is 0 Å². The van der Waals surface area contributed by atoms with E-state index in [0.717, 1.165) is 16.8 Å². The molecule has 2 aromatic carbocycles. The number of nitrogens with zero attached hydrogens (tertiary/aromatic N) is 2. The van der Waals surface area contributed by atoms with Crippen molar-refractivity contribution in [3.8, 4) is 16.9 Å². The molecule has 0 fully saturated rings. The van der Waals surface area contributed by atoms with Crippen LogP contribution in [0.4, 0.5) is 5.69 Å². The Balaban J connectivity index is 2.12. The van der Waals surface area contributed by atoms with Gasteiger partial charge in [0.2, 0.25) is 0 Å². The van der Waals surface area contributed by atoms with Gasteiger partial charge in [0, 0.05) is 5.56 Å². The first kappa shape index (κ1) is 13.7. The molecule has 0 radical (unpaired) electrons. The van der Waals surface area contributed by atoms with E-state index in [2.05, 4.69) is 31.1 Å². The Morgan fingerprint density at radius 2 is 1.86 bits per heavy atom. The third-order valence-corrected chi connectivity index (χ3v) is 3.80. The lowest BCUT2D eigenvalue weighted by atomic mass is 10.1. The van der Waals surface area contributed by atoms with Crippen molar-refractivity contribution < 1.29 is 0 Å². The second-order valence-corrected chi connectivity index (χ2v) is 5.55. The van der Waals surface area contributed by atoms with Gasteiger partial charge in [-0.3, -0.25) is 0 Å². The highest BCUT2D eigenvalue weighted by Crippen LogP contribution is 2.31. The molecule has 21 heavy (non-hydrogen) atoms. The van der Waals surface area contributed by atoms with Crippen LogP contribution < -0.4 is 5.73 Å². The van der Waals surface area contributed by atoms with Gasteiger partial charge in [-0.15, -0.1) is 0 Å². The van der Waals surface area contributed by atoms with Gasteiger partial charge in [0.1, 0.15) is 5.69 Å². The second kappa shape index (κ2) is 5.26. The fourth-order valence-corrected chi connectivity index (χ4v) is 2.66. The summed E-state index contributed by atoms with van der Waals surface area (Å²) in [4.78, 5) is 0. The summed E-state index contributed by atoms with van der Waals surface area (Å²) in [5, 5.41) is 5.26. The Morgan fingerprint density at radius 3 is 2.57 bits per heavy atom. The van der Waals surface area contributed by atoms with Crippen molar-refractivity contribution in [3.63, 3.8) is 0 Å².